The molecule has 138 valence electrons. The Morgan fingerprint density at radius 1 is 0.724 bits per heavy atom. The molecule has 0 saturated heterocycles. The number of para-hydroxylation sites is 4. The zero-order chi connectivity index (χ0) is 19.2. The minimum atomic E-state index is 0.438. The fourth-order valence-electron chi connectivity index (χ4n) is 3.52. The fraction of sp³-hybridized carbons (Fsp3) is 0. The van der Waals surface area contributed by atoms with Crippen LogP contribution in [0.5, 0.6) is 0 Å². The monoisotopic (exact) mass is 377 g/mol. The van der Waals surface area contributed by atoms with Crippen molar-refractivity contribution in [3.63, 3.8) is 0 Å². The summed E-state index contributed by atoms with van der Waals surface area (Å²) in [7, 11) is 0. The van der Waals surface area contributed by atoms with E-state index >= 15 is 0 Å². The van der Waals surface area contributed by atoms with Crippen LogP contribution in [0.15, 0.2) is 87.8 Å². The molecular formula is C22H15N7. The Labute approximate surface area is 164 Å². The van der Waals surface area contributed by atoms with Gasteiger partial charge in [-0.3, -0.25) is 0 Å². The van der Waals surface area contributed by atoms with E-state index in [0.29, 0.717) is 17.7 Å². The lowest BCUT2D eigenvalue weighted by Gasteiger charge is -2.00. The van der Waals surface area contributed by atoms with Crippen molar-refractivity contribution in [3.05, 3.63) is 83.5 Å². The Bertz CT molecular complexity index is 1470. The number of nitrogens with zero attached hydrogens (tertiary/aromatic N) is 4. The van der Waals surface area contributed by atoms with Gasteiger partial charge in [-0.25, -0.2) is 15.0 Å². The average Bonchev–Trinajstić information content (AvgIpc) is 3.43. The highest BCUT2D eigenvalue weighted by atomic mass is 15.2. The summed E-state index contributed by atoms with van der Waals surface area (Å²) in [6.07, 6.45) is 0. The van der Waals surface area contributed by atoms with E-state index in [0.717, 1.165) is 38.3 Å². The Morgan fingerprint density at radius 2 is 1.41 bits per heavy atom. The number of benzene rings is 3. The molecule has 7 heteroatoms. The number of fused-ring (bicyclic) bond motifs is 3. The van der Waals surface area contributed by atoms with Gasteiger partial charge in [-0.15, -0.1) is 0 Å². The van der Waals surface area contributed by atoms with Crippen molar-refractivity contribution in [2.24, 2.45) is 15.0 Å². The Hall–Kier alpha value is -4.26. The maximum absolute atomic E-state index is 4.66. The van der Waals surface area contributed by atoms with Gasteiger partial charge in [0.05, 0.1) is 21.7 Å². The van der Waals surface area contributed by atoms with Gasteiger partial charge in [0, 0.05) is 10.8 Å². The molecule has 3 heterocycles. The van der Waals surface area contributed by atoms with E-state index in [1.165, 1.54) is 0 Å². The van der Waals surface area contributed by atoms with Gasteiger partial charge in [0.25, 0.3) is 5.96 Å². The molecule has 0 unspecified atom stereocenters. The van der Waals surface area contributed by atoms with Crippen LogP contribution >= 0.6 is 0 Å². The maximum atomic E-state index is 4.66. The van der Waals surface area contributed by atoms with Crippen LogP contribution in [0.1, 0.15) is 0 Å². The van der Waals surface area contributed by atoms with E-state index in [2.05, 4.69) is 35.2 Å². The second-order valence-electron chi connectivity index (χ2n) is 6.75. The molecule has 3 N–H and O–H groups in total. The molecule has 0 saturated carbocycles. The molecule has 1 aliphatic rings. The number of rotatable bonds is 3. The second-order valence-corrected chi connectivity index (χ2v) is 6.75. The first-order chi connectivity index (χ1) is 14.3. The average molecular weight is 377 g/mol. The minimum absolute atomic E-state index is 0.438. The normalized spacial score (nSPS) is 12.6. The first-order valence-electron chi connectivity index (χ1n) is 9.27. The van der Waals surface area contributed by atoms with Crippen molar-refractivity contribution in [3.8, 4) is 0 Å². The van der Waals surface area contributed by atoms with Gasteiger partial charge in [0.2, 0.25) is 5.95 Å². The van der Waals surface area contributed by atoms with Gasteiger partial charge < -0.3 is 15.3 Å². The third-order valence-corrected chi connectivity index (χ3v) is 4.86. The fourth-order valence-corrected chi connectivity index (χ4v) is 3.52. The third-order valence-electron chi connectivity index (χ3n) is 4.86. The van der Waals surface area contributed by atoms with Crippen molar-refractivity contribution >= 4 is 45.3 Å². The standard InChI is InChI=1S/C22H15N7/c1-2-8-14-13(7-1)19(28-21-23-15-9-3-4-10-16(15)24-21)27-20(14)29-22-25-17-11-5-6-12-18(17)26-22/h1-12,27H,(H2,23,24,28). The molecule has 3 aromatic carbocycles. The summed E-state index contributed by atoms with van der Waals surface area (Å²) in [6, 6.07) is 23.7. The number of hydrogen-bond acceptors (Lipinski definition) is 3. The van der Waals surface area contributed by atoms with Crippen LogP contribution in [0.4, 0.5) is 17.6 Å². The van der Waals surface area contributed by atoms with Crippen LogP contribution in [0, 0.1) is 0 Å². The molecule has 1 aliphatic heterocycles. The summed E-state index contributed by atoms with van der Waals surface area (Å²) >= 11 is 0. The summed E-state index contributed by atoms with van der Waals surface area (Å²) in [6.45, 7) is 0. The summed E-state index contributed by atoms with van der Waals surface area (Å²) < 4.78 is 0. The summed E-state index contributed by atoms with van der Waals surface area (Å²) in [5.41, 5.74) is 1.89. The number of imidazole rings is 1. The summed E-state index contributed by atoms with van der Waals surface area (Å²) in [5, 5.41) is 7.02. The predicted molar refractivity (Wildman–Crippen MR) is 114 cm³/mol. The number of H-pyrrole nitrogens is 2. The summed E-state index contributed by atoms with van der Waals surface area (Å²) in [5.74, 6) is 2.62. The number of aromatic amines is 2. The van der Waals surface area contributed by atoms with Crippen LogP contribution in [0.2, 0.25) is 0 Å². The second kappa shape index (κ2) is 6.13. The van der Waals surface area contributed by atoms with Crippen molar-refractivity contribution in [1.82, 2.24) is 15.0 Å². The molecule has 0 atom stereocenters. The quantitative estimate of drug-likeness (QED) is 0.447. The molecule has 0 amide bonds. The van der Waals surface area contributed by atoms with Crippen molar-refractivity contribution in [1.29, 1.82) is 0 Å². The van der Waals surface area contributed by atoms with Gasteiger partial charge in [-0.2, -0.15) is 4.99 Å². The molecule has 0 aliphatic carbocycles. The Morgan fingerprint density at radius 3 is 2.21 bits per heavy atom. The number of nitrogens with one attached hydrogen (secondary N) is 3. The third kappa shape index (κ3) is 2.68. The lowest BCUT2D eigenvalue weighted by atomic mass is 10.2. The van der Waals surface area contributed by atoms with E-state index in [9.17, 15) is 0 Å². The number of hydrogen-bond donors (Lipinski definition) is 3. The molecular weight excluding hydrogens is 362 g/mol. The van der Waals surface area contributed by atoms with E-state index in [1.807, 2.05) is 72.8 Å². The van der Waals surface area contributed by atoms with Gasteiger partial charge in [0.1, 0.15) is 11.6 Å². The van der Waals surface area contributed by atoms with Crippen molar-refractivity contribution < 1.29 is 0 Å². The van der Waals surface area contributed by atoms with Gasteiger partial charge >= 0.3 is 0 Å². The number of guanidine groups is 1. The topological polar surface area (TPSA) is 93.6 Å². The van der Waals surface area contributed by atoms with Gasteiger partial charge in [0.15, 0.2) is 0 Å². The number of aliphatic imine (C=N–C) groups is 1. The minimum Gasteiger partial charge on any atom is -0.325 e. The number of anilines is 2. The van der Waals surface area contributed by atoms with Crippen LogP contribution in [-0.2, 0) is 0 Å². The van der Waals surface area contributed by atoms with Gasteiger partial charge in [-0.05, 0) is 24.3 Å². The molecule has 7 nitrogen and oxygen atoms in total. The SMILES string of the molecule is c1ccc2c(c1)=NC(=Nc1[nH]c(Nc3nc4ccccc4[nH]3)c3ccccc13)N=2. The van der Waals surface area contributed by atoms with Crippen LogP contribution in [-0.4, -0.2) is 20.9 Å². The smallest absolute Gasteiger partial charge is 0.252 e. The molecule has 6 rings (SSSR count). The Kier molecular flexibility index (Phi) is 3.33. The van der Waals surface area contributed by atoms with E-state index in [-0.39, 0.29) is 0 Å². The predicted octanol–water partition coefficient (Wildman–Crippen LogP) is 3.73. The molecule has 5 aromatic rings. The number of aromatic nitrogens is 3. The zero-order valence-electron chi connectivity index (χ0n) is 15.2. The highest BCUT2D eigenvalue weighted by Crippen LogP contribution is 2.33. The molecule has 0 radical (unpaired) electrons. The molecule has 2 aromatic heterocycles. The lowest BCUT2D eigenvalue weighted by Crippen LogP contribution is -2.19. The molecule has 29 heavy (non-hydrogen) atoms. The highest BCUT2D eigenvalue weighted by Gasteiger charge is 2.13. The van der Waals surface area contributed by atoms with E-state index < -0.39 is 0 Å². The van der Waals surface area contributed by atoms with E-state index in [1.54, 1.807) is 0 Å². The first-order valence-corrected chi connectivity index (χ1v) is 9.27. The first kappa shape index (κ1) is 15.8. The van der Waals surface area contributed by atoms with Crippen LogP contribution in [0.25, 0.3) is 21.8 Å². The lowest BCUT2D eigenvalue weighted by molar-refractivity contribution is 1.26. The van der Waals surface area contributed by atoms with E-state index in [4.69, 9.17) is 0 Å². The largest absolute Gasteiger partial charge is 0.325 e. The molecule has 0 spiro atoms. The Balaban J connectivity index is 1.44. The zero-order valence-corrected chi connectivity index (χ0v) is 15.2. The molecule has 0 bridgehead atoms. The summed E-state index contributed by atoms with van der Waals surface area (Å²) in [4.78, 5) is 24.9. The van der Waals surface area contributed by atoms with Gasteiger partial charge in [-0.1, -0.05) is 48.5 Å². The van der Waals surface area contributed by atoms with Crippen LogP contribution < -0.4 is 16.0 Å². The van der Waals surface area contributed by atoms with Crippen molar-refractivity contribution in [2.45, 2.75) is 0 Å². The highest BCUT2D eigenvalue weighted by molar-refractivity contribution is 6.03. The molecule has 0 fully saturated rings. The van der Waals surface area contributed by atoms with Crippen molar-refractivity contribution in [2.75, 3.05) is 5.32 Å². The maximum Gasteiger partial charge on any atom is 0.252 e. The van der Waals surface area contributed by atoms with Crippen LogP contribution in [0.3, 0.4) is 0 Å².